The number of aromatic nitrogens is 2. The molecule has 1 aromatic heterocycles. The van der Waals surface area contributed by atoms with E-state index in [2.05, 4.69) is 15.3 Å². The molecule has 1 heterocycles. The van der Waals surface area contributed by atoms with Crippen LogP contribution in [0, 0.1) is 0 Å². The highest BCUT2D eigenvalue weighted by molar-refractivity contribution is 7.84. The molecule has 0 aliphatic heterocycles. The van der Waals surface area contributed by atoms with Crippen LogP contribution in [0.15, 0.2) is 24.5 Å². The number of fused-ring (bicyclic) bond motifs is 1. The van der Waals surface area contributed by atoms with Crippen LogP contribution in [0.25, 0.3) is 10.9 Å². The number of nitrogen functional groups attached to an aromatic ring is 1. The molecule has 6 heteroatoms. The molecule has 0 bridgehead atoms. The molecule has 5 nitrogen and oxygen atoms in total. The fraction of sp³-hybridized carbons (Fsp3) is 0.333. The molecule has 0 aliphatic rings. The van der Waals surface area contributed by atoms with Gasteiger partial charge in [0.15, 0.2) is 0 Å². The molecule has 0 saturated heterocycles. The second kappa shape index (κ2) is 5.77. The second-order valence-corrected chi connectivity index (χ2v) is 5.61. The van der Waals surface area contributed by atoms with Gasteiger partial charge in [-0.05, 0) is 24.6 Å². The van der Waals surface area contributed by atoms with Crippen molar-refractivity contribution in [3.05, 3.63) is 24.5 Å². The Bertz CT molecular complexity index is 573. The fourth-order valence-corrected chi connectivity index (χ4v) is 2.25. The molecular formula is C12H16N4OS. The van der Waals surface area contributed by atoms with Gasteiger partial charge in [-0.1, -0.05) is 0 Å². The van der Waals surface area contributed by atoms with Crippen molar-refractivity contribution in [3.8, 4) is 0 Å². The van der Waals surface area contributed by atoms with Crippen molar-refractivity contribution in [1.29, 1.82) is 0 Å². The first kappa shape index (κ1) is 12.8. The summed E-state index contributed by atoms with van der Waals surface area (Å²) in [6.45, 7) is 0.746. The van der Waals surface area contributed by atoms with E-state index in [0.29, 0.717) is 11.4 Å². The highest BCUT2D eigenvalue weighted by Crippen LogP contribution is 2.20. The summed E-state index contributed by atoms with van der Waals surface area (Å²) in [6, 6.07) is 5.56. The number of hydrogen-bond donors (Lipinski definition) is 2. The molecule has 0 spiro atoms. The van der Waals surface area contributed by atoms with Crippen molar-refractivity contribution in [1.82, 2.24) is 9.97 Å². The quantitative estimate of drug-likeness (QED) is 0.630. The van der Waals surface area contributed by atoms with Gasteiger partial charge in [0.25, 0.3) is 0 Å². The molecule has 18 heavy (non-hydrogen) atoms. The highest BCUT2D eigenvalue weighted by Gasteiger charge is 2.03. The summed E-state index contributed by atoms with van der Waals surface area (Å²) >= 11 is 0. The number of benzene rings is 1. The van der Waals surface area contributed by atoms with E-state index in [9.17, 15) is 4.21 Å². The van der Waals surface area contributed by atoms with Crippen LogP contribution >= 0.6 is 0 Å². The zero-order chi connectivity index (χ0) is 13.0. The van der Waals surface area contributed by atoms with E-state index >= 15 is 0 Å². The molecule has 0 aliphatic carbocycles. The first-order valence-electron chi connectivity index (χ1n) is 5.71. The van der Waals surface area contributed by atoms with Crippen molar-refractivity contribution in [2.75, 3.05) is 29.6 Å². The predicted octanol–water partition coefficient (Wildman–Crippen LogP) is 1.39. The average Bonchev–Trinajstić information content (AvgIpc) is 2.34. The Hall–Kier alpha value is -1.69. The fourth-order valence-electron chi connectivity index (χ4n) is 1.70. The van der Waals surface area contributed by atoms with Crippen LogP contribution in [0.2, 0.25) is 0 Å². The van der Waals surface area contributed by atoms with Crippen LogP contribution in [0.1, 0.15) is 6.42 Å². The van der Waals surface area contributed by atoms with Crippen molar-refractivity contribution in [2.24, 2.45) is 0 Å². The van der Waals surface area contributed by atoms with E-state index in [4.69, 9.17) is 5.73 Å². The summed E-state index contributed by atoms with van der Waals surface area (Å²) in [5, 5.41) is 4.18. The minimum atomic E-state index is -0.743. The number of anilines is 2. The van der Waals surface area contributed by atoms with Crippen LogP contribution in [-0.4, -0.2) is 32.7 Å². The number of nitrogens with zero attached hydrogens (tertiary/aromatic N) is 2. The van der Waals surface area contributed by atoms with Crippen molar-refractivity contribution < 1.29 is 4.21 Å². The monoisotopic (exact) mass is 264 g/mol. The maximum absolute atomic E-state index is 10.9. The smallest absolute Gasteiger partial charge is 0.137 e. The Balaban J connectivity index is 2.11. The maximum Gasteiger partial charge on any atom is 0.137 e. The third-order valence-electron chi connectivity index (χ3n) is 2.56. The van der Waals surface area contributed by atoms with E-state index in [-0.39, 0.29) is 0 Å². The third kappa shape index (κ3) is 3.16. The van der Waals surface area contributed by atoms with Gasteiger partial charge in [0, 0.05) is 40.4 Å². The molecule has 0 fully saturated rings. The van der Waals surface area contributed by atoms with Gasteiger partial charge < -0.3 is 11.1 Å². The first-order valence-corrected chi connectivity index (χ1v) is 7.43. The number of nitrogens with one attached hydrogen (secondary N) is 1. The van der Waals surface area contributed by atoms with Crippen molar-refractivity contribution >= 4 is 33.2 Å². The first-order chi connectivity index (χ1) is 8.66. The van der Waals surface area contributed by atoms with Crippen molar-refractivity contribution in [2.45, 2.75) is 6.42 Å². The highest BCUT2D eigenvalue weighted by atomic mass is 32.2. The average molecular weight is 264 g/mol. The van der Waals surface area contributed by atoms with Crippen LogP contribution in [0.3, 0.4) is 0 Å². The minimum absolute atomic E-state index is 0.688. The lowest BCUT2D eigenvalue weighted by Crippen LogP contribution is -2.07. The molecule has 3 N–H and O–H groups in total. The SMILES string of the molecule is CS(=O)CCCNc1ncnc2cc(N)ccc12. The molecule has 1 unspecified atom stereocenters. The molecule has 1 atom stereocenters. The van der Waals surface area contributed by atoms with E-state index in [1.54, 1.807) is 6.26 Å². The molecule has 96 valence electrons. The summed E-state index contributed by atoms with van der Waals surface area (Å²) in [5.41, 5.74) is 7.23. The molecule has 0 saturated carbocycles. The van der Waals surface area contributed by atoms with Gasteiger partial charge >= 0.3 is 0 Å². The van der Waals surface area contributed by atoms with Gasteiger partial charge in [0.1, 0.15) is 12.1 Å². The standard InChI is InChI=1S/C12H16N4OS/c1-18(17)6-2-5-14-12-10-4-3-9(13)7-11(10)15-8-16-12/h3-4,7-8H,2,5-6,13H2,1H3,(H,14,15,16). The summed E-state index contributed by atoms with van der Waals surface area (Å²) in [6.07, 6.45) is 4.08. The maximum atomic E-state index is 10.9. The Labute approximate surface area is 108 Å². The zero-order valence-corrected chi connectivity index (χ0v) is 11.0. The summed E-state index contributed by atoms with van der Waals surface area (Å²) in [7, 11) is -0.743. The Morgan fingerprint density at radius 2 is 2.22 bits per heavy atom. The number of nitrogens with two attached hydrogens (primary N) is 1. The second-order valence-electron chi connectivity index (χ2n) is 4.06. The van der Waals surface area contributed by atoms with Crippen LogP contribution in [0.4, 0.5) is 11.5 Å². The van der Waals surface area contributed by atoms with Crippen LogP contribution < -0.4 is 11.1 Å². The summed E-state index contributed by atoms with van der Waals surface area (Å²) < 4.78 is 10.9. The van der Waals surface area contributed by atoms with Gasteiger partial charge in [0.2, 0.25) is 0 Å². The minimum Gasteiger partial charge on any atom is -0.399 e. The van der Waals surface area contributed by atoms with E-state index in [0.717, 1.165) is 29.7 Å². The molecule has 0 amide bonds. The topological polar surface area (TPSA) is 80.9 Å². The van der Waals surface area contributed by atoms with Crippen LogP contribution in [0.5, 0.6) is 0 Å². The molecule has 1 aromatic carbocycles. The summed E-state index contributed by atoms with van der Waals surface area (Å²) in [5.74, 6) is 1.49. The zero-order valence-electron chi connectivity index (χ0n) is 10.2. The number of rotatable bonds is 5. The lowest BCUT2D eigenvalue weighted by Gasteiger charge is -2.08. The van der Waals surface area contributed by atoms with Crippen molar-refractivity contribution in [3.63, 3.8) is 0 Å². The van der Waals surface area contributed by atoms with Gasteiger partial charge in [-0.25, -0.2) is 9.97 Å². The van der Waals surface area contributed by atoms with Gasteiger partial charge in [-0.2, -0.15) is 0 Å². The largest absolute Gasteiger partial charge is 0.399 e. The van der Waals surface area contributed by atoms with Crippen LogP contribution in [-0.2, 0) is 10.8 Å². The Kier molecular flexibility index (Phi) is 4.09. The third-order valence-corrected chi connectivity index (χ3v) is 3.43. The Morgan fingerprint density at radius 3 is 3.00 bits per heavy atom. The molecule has 0 radical (unpaired) electrons. The van der Waals surface area contributed by atoms with E-state index in [1.807, 2.05) is 18.2 Å². The lowest BCUT2D eigenvalue weighted by atomic mass is 10.2. The molecule has 2 rings (SSSR count). The predicted molar refractivity (Wildman–Crippen MR) is 76.0 cm³/mol. The van der Waals surface area contributed by atoms with Gasteiger partial charge in [-0.3, -0.25) is 4.21 Å². The summed E-state index contributed by atoms with van der Waals surface area (Å²) in [4.78, 5) is 8.39. The Morgan fingerprint density at radius 1 is 1.39 bits per heavy atom. The molecule has 2 aromatic rings. The van der Waals surface area contributed by atoms with E-state index < -0.39 is 10.8 Å². The van der Waals surface area contributed by atoms with Gasteiger partial charge in [-0.15, -0.1) is 0 Å². The lowest BCUT2D eigenvalue weighted by molar-refractivity contribution is 0.685. The van der Waals surface area contributed by atoms with Gasteiger partial charge in [0.05, 0.1) is 5.52 Å². The number of hydrogen-bond acceptors (Lipinski definition) is 5. The van der Waals surface area contributed by atoms with E-state index in [1.165, 1.54) is 6.33 Å². The molecular weight excluding hydrogens is 248 g/mol. The normalized spacial score (nSPS) is 12.5.